The van der Waals surface area contributed by atoms with Crippen molar-refractivity contribution in [1.29, 1.82) is 0 Å². The first-order valence-corrected chi connectivity index (χ1v) is 3.98. The van der Waals surface area contributed by atoms with E-state index < -0.39 is 6.10 Å². The van der Waals surface area contributed by atoms with Crippen LogP contribution in [0, 0.1) is 12.3 Å². The molecule has 1 atom stereocenters. The lowest BCUT2D eigenvalue weighted by Crippen LogP contribution is -1.94. The standard InChI is InChI=1S/C10H12O2/c1-2-3-4-5-10(11)9-6-7-12-8-9/h1,6-8,10-11H,3-5H2. The Kier molecular flexibility index (Phi) is 3.43. The molecule has 64 valence electrons. The molecule has 2 heteroatoms. The molecule has 1 aromatic rings. The van der Waals surface area contributed by atoms with Gasteiger partial charge in [0, 0.05) is 12.0 Å². The summed E-state index contributed by atoms with van der Waals surface area (Å²) in [7, 11) is 0. The molecular formula is C10H12O2. The zero-order chi connectivity index (χ0) is 8.81. The van der Waals surface area contributed by atoms with Crippen LogP contribution in [0.25, 0.3) is 0 Å². The number of hydrogen-bond acceptors (Lipinski definition) is 2. The third-order valence-corrected chi connectivity index (χ3v) is 1.73. The van der Waals surface area contributed by atoms with E-state index in [4.69, 9.17) is 10.8 Å². The average Bonchev–Trinajstić information content (AvgIpc) is 2.56. The molecule has 0 amide bonds. The molecule has 1 rings (SSSR count). The SMILES string of the molecule is C#CCCCC(O)c1ccoc1. The van der Waals surface area contributed by atoms with Gasteiger partial charge in [-0.15, -0.1) is 12.3 Å². The fraction of sp³-hybridized carbons (Fsp3) is 0.400. The average molecular weight is 164 g/mol. The highest BCUT2D eigenvalue weighted by Crippen LogP contribution is 2.18. The third kappa shape index (κ3) is 2.44. The molecule has 0 bridgehead atoms. The molecule has 1 aromatic heterocycles. The summed E-state index contributed by atoms with van der Waals surface area (Å²) in [5.41, 5.74) is 0.826. The van der Waals surface area contributed by atoms with Gasteiger partial charge in [-0.1, -0.05) is 0 Å². The van der Waals surface area contributed by atoms with Gasteiger partial charge in [-0.25, -0.2) is 0 Å². The van der Waals surface area contributed by atoms with Gasteiger partial charge in [0.1, 0.15) is 0 Å². The van der Waals surface area contributed by atoms with E-state index in [0.29, 0.717) is 6.42 Å². The maximum absolute atomic E-state index is 9.51. The van der Waals surface area contributed by atoms with Gasteiger partial charge in [-0.3, -0.25) is 0 Å². The number of unbranched alkanes of at least 4 members (excludes halogenated alkanes) is 1. The number of furan rings is 1. The Labute approximate surface area is 72.2 Å². The molecule has 0 spiro atoms. The monoisotopic (exact) mass is 164 g/mol. The molecule has 0 saturated carbocycles. The van der Waals surface area contributed by atoms with Gasteiger partial charge in [-0.05, 0) is 18.9 Å². The molecule has 0 fully saturated rings. The first-order valence-electron chi connectivity index (χ1n) is 3.98. The summed E-state index contributed by atoms with van der Waals surface area (Å²) < 4.78 is 4.84. The van der Waals surface area contributed by atoms with Gasteiger partial charge < -0.3 is 9.52 Å². The molecular weight excluding hydrogens is 152 g/mol. The van der Waals surface area contributed by atoms with E-state index in [1.54, 1.807) is 18.6 Å². The minimum Gasteiger partial charge on any atom is -0.472 e. The van der Waals surface area contributed by atoms with Gasteiger partial charge >= 0.3 is 0 Å². The minimum absolute atomic E-state index is 0.433. The van der Waals surface area contributed by atoms with Crippen LogP contribution >= 0.6 is 0 Å². The first-order chi connectivity index (χ1) is 5.84. The predicted octanol–water partition coefficient (Wildman–Crippen LogP) is 2.12. The second-order valence-electron chi connectivity index (χ2n) is 2.67. The summed E-state index contributed by atoms with van der Waals surface area (Å²) in [5.74, 6) is 2.53. The Morgan fingerprint density at radius 2 is 2.50 bits per heavy atom. The largest absolute Gasteiger partial charge is 0.472 e. The minimum atomic E-state index is -0.433. The molecule has 2 nitrogen and oxygen atoms in total. The van der Waals surface area contributed by atoms with Crippen LogP contribution in [0.1, 0.15) is 30.9 Å². The molecule has 0 aliphatic heterocycles. The summed E-state index contributed by atoms with van der Waals surface area (Å²) in [6, 6.07) is 1.76. The second kappa shape index (κ2) is 4.63. The normalized spacial score (nSPS) is 12.3. The van der Waals surface area contributed by atoms with Crippen molar-refractivity contribution in [3.05, 3.63) is 24.2 Å². The quantitative estimate of drug-likeness (QED) is 0.546. The van der Waals surface area contributed by atoms with Gasteiger partial charge in [0.15, 0.2) is 0 Å². The van der Waals surface area contributed by atoms with E-state index >= 15 is 0 Å². The lowest BCUT2D eigenvalue weighted by atomic mass is 10.1. The smallest absolute Gasteiger partial charge is 0.0960 e. The number of rotatable bonds is 4. The summed E-state index contributed by atoms with van der Waals surface area (Å²) in [4.78, 5) is 0. The molecule has 0 aromatic carbocycles. The molecule has 1 unspecified atom stereocenters. The number of hydrogen-bond donors (Lipinski definition) is 1. The lowest BCUT2D eigenvalue weighted by Gasteiger charge is -2.05. The van der Waals surface area contributed by atoms with Crippen LogP contribution in [0.2, 0.25) is 0 Å². The van der Waals surface area contributed by atoms with Gasteiger partial charge in [0.05, 0.1) is 18.6 Å². The summed E-state index contributed by atoms with van der Waals surface area (Å²) in [6.45, 7) is 0. The number of terminal acetylenes is 1. The van der Waals surface area contributed by atoms with Crippen LogP contribution in [0.15, 0.2) is 23.0 Å². The van der Waals surface area contributed by atoms with E-state index in [1.807, 2.05) is 0 Å². The first kappa shape index (κ1) is 8.89. The number of aliphatic hydroxyl groups excluding tert-OH is 1. The van der Waals surface area contributed by atoms with Crippen molar-refractivity contribution in [2.45, 2.75) is 25.4 Å². The Hall–Kier alpha value is -1.20. The Balaban J connectivity index is 2.30. The van der Waals surface area contributed by atoms with Crippen LogP contribution in [0.4, 0.5) is 0 Å². The van der Waals surface area contributed by atoms with Crippen LogP contribution in [0.5, 0.6) is 0 Å². The maximum atomic E-state index is 9.51. The predicted molar refractivity (Wildman–Crippen MR) is 46.4 cm³/mol. The zero-order valence-electron chi connectivity index (χ0n) is 6.86. The molecule has 12 heavy (non-hydrogen) atoms. The van der Waals surface area contributed by atoms with E-state index in [1.165, 1.54) is 0 Å². The zero-order valence-corrected chi connectivity index (χ0v) is 6.86. The third-order valence-electron chi connectivity index (χ3n) is 1.73. The van der Waals surface area contributed by atoms with Crippen LogP contribution in [0.3, 0.4) is 0 Å². The van der Waals surface area contributed by atoms with Crippen molar-refractivity contribution in [2.75, 3.05) is 0 Å². The summed E-state index contributed by atoms with van der Waals surface area (Å²) in [6.07, 6.45) is 10.0. The van der Waals surface area contributed by atoms with Crippen molar-refractivity contribution < 1.29 is 9.52 Å². The number of aliphatic hydroxyl groups is 1. The maximum Gasteiger partial charge on any atom is 0.0960 e. The van der Waals surface area contributed by atoms with Crippen molar-refractivity contribution in [3.63, 3.8) is 0 Å². The van der Waals surface area contributed by atoms with E-state index in [-0.39, 0.29) is 0 Å². The Morgan fingerprint density at radius 3 is 3.08 bits per heavy atom. The topological polar surface area (TPSA) is 33.4 Å². The van der Waals surface area contributed by atoms with Crippen LogP contribution in [-0.4, -0.2) is 5.11 Å². The summed E-state index contributed by atoms with van der Waals surface area (Å²) >= 11 is 0. The van der Waals surface area contributed by atoms with Crippen LogP contribution in [-0.2, 0) is 0 Å². The van der Waals surface area contributed by atoms with Gasteiger partial charge in [-0.2, -0.15) is 0 Å². The highest BCUT2D eigenvalue weighted by molar-refractivity contribution is 5.08. The lowest BCUT2D eigenvalue weighted by molar-refractivity contribution is 0.164. The van der Waals surface area contributed by atoms with Crippen molar-refractivity contribution in [1.82, 2.24) is 0 Å². The van der Waals surface area contributed by atoms with E-state index in [2.05, 4.69) is 5.92 Å². The van der Waals surface area contributed by atoms with Crippen molar-refractivity contribution in [2.24, 2.45) is 0 Å². The summed E-state index contributed by atoms with van der Waals surface area (Å²) in [5, 5.41) is 9.51. The highest BCUT2D eigenvalue weighted by Gasteiger charge is 2.06. The highest BCUT2D eigenvalue weighted by atomic mass is 16.3. The Bertz CT molecular complexity index is 243. The molecule has 1 heterocycles. The molecule has 0 radical (unpaired) electrons. The Morgan fingerprint density at radius 1 is 1.67 bits per heavy atom. The van der Waals surface area contributed by atoms with Gasteiger partial charge in [0.25, 0.3) is 0 Å². The molecule has 0 saturated heterocycles. The van der Waals surface area contributed by atoms with Crippen molar-refractivity contribution >= 4 is 0 Å². The fourth-order valence-electron chi connectivity index (χ4n) is 1.03. The van der Waals surface area contributed by atoms with Gasteiger partial charge in [0.2, 0.25) is 0 Å². The van der Waals surface area contributed by atoms with E-state index in [0.717, 1.165) is 18.4 Å². The van der Waals surface area contributed by atoms with Crippen LogP contribution < -0.4 is 0 Å². The van der Waals surface area contributed by atoms with Crippen molar-refractivity contribution in [3.8, 4) is 12.3 Å². The molecule has 1 N–H and O–H groups in total. The molecule has 0 aliphatic rings. The second-order valence-corrected chi connectivity index (χ2v) is 2.67. The fourth-order valence-corrected chi connectivity index (χ4v) is 1.03. The molecule has 0 aliphatic carbocycles. The van der Waals surface area contributed by atoms with E-state index in [9.17, 15) is 5.11 Å².